The molecule has 0 N–H and O–H groups in total. The number of likely N-dealkylation sites (tertiary alicyclic amines) is 1. The fourth-order valence-electron chi connectivity index (χ4n) is 5.89. The maximum atomic E-state index is 14.2. The lowest BCUT2D eigenvalue weighted by Gasteiger charge is -2.34. The minimum Gasteiger partial charge on any atom is -0.464 e. The number of hydrogen-bond donors (Lipinski definition) is 0. The first-order valence-electron chi connectivity index (χ1n) is 12.5. The molecule has 2 atom stereocenters. The Hall–Kier alpha value is -2.53. The van der Waals surface area contributed by atoms with Crippen molar-refractivity contribution in [2.45, 2.75) is 63.2 Å². The zero-order valence-electron chi connectivity index (χ0n) is 19.2. The summed E-state index contributed by atoms with van der Waals surface area (Å²) in [5.74, 6) is 0.458. The van der Waals surface area contributed by atoms with Crippen LogP contribution in [-0.2, 0) is 4.79 Å². The molecular weight excluding hydrogens is 415 g/mol. The maximum Gasteiger partial charge on any atom is 0.145 e. The molecule has 5 heteroatoms. The molecule has 3 aromatic rings. The standard InChI is InChI=1S/C28H33FN2O2/c29-23-17-21-12-16-33-28(21)25(18-23)22-9-6-14-31(19-22)15-11-24(26-10-4-5-13-30-26)27(32)20-7-2-1-3-8-20/h4-5,10,12-13,16-18,20,22,24H,1-3,6-9,11,14-15,19H2. The van der Waals surface area contributed by atoms with Crippen LogP contribution in [0, 0.1) is 11.7 Å². The Morgan fingerprint density at radius 3 is 2.82 bits per heavy atom. The van der Waals surface area contributed by atoms with Crippen LogP contribution in [0.3, 0.4) is 0 Å². The predicted molar refractivity (Wildman–Crippen MR) is 128 cm³/mol. The van der Waals surface area contributed by atoms with Gasteiger partial charge in [-0.25, -0.2) is 4.39 Å². The van der Waals surface area contributed by atoms with Gasteiger partial charge >= 0.3 is 0 Å². The highest BCUT2D eigenvalue weighted by molar-refractivity contribution is 5.87. The summed E-state index contributed by atoms with van der Waals surface area (Å²) in [4.78, 5) is 20.5. The number of Topliss-reactive ketones (excluding diaryl/α,β-unsaturated/α-hetero) is 1. The SMILES string of the molecule is O=C(C1CCCCC1)C(CCN1CCCC(c2cc(F)cc3ccoc23)C1)c1ccccn1. The van der Waals surface area contributed by atoms with E-state index in [2.05, 4.69) is 9.88 Å². The Morgan fingerprint density at radius 1 is 1.12 bits per heavy atom. The van der Waals surface area contributed by atoms with Crippen molar-refractivity contribution in [3.63, 3.8) is 0 Å². The second-order valence-corrected chi connectivity index (χ2v) is 9.81. The lowest BCUT2D eigenvalue weighted by atomic mass is 9.79. The lowest BCUT2D eigenvalue weighted by Crippen LogP contribution is -2.37. The van der Waals surface area contributed by atoms with E-state index in [-0.39, 0.29) is 23.6 Å². The van der Waals surface area contributed by atoms with Crippen LogP contribution in [0.25, 0.3) is 11.0 Å². The monoisotopic (exact) mass is 448 g/mol. The van der Waals surface area contributed by atoms with Gasteiger partial charge in [0.25, 0.3) is 0 Å². The molecule has 174 valence electrons. The summed E-state index contributed by atoms with van der Waals surface area (Å²) >= 11 is 0. The van der Waals surface area contributed by atoms with Gasteiger partial charge in [0, 0.05) is 35.5 Å². The molecule has 0 amide bonds. The number of rotatable bonds is 7. The molecule has 1 saturated carbocycles. The van der Waals surface area contributed by atoms with E-state index in [9.17, 15) is 9.18 Å². The molecule has 2 aromatic heterocycles. The molecule has 2 aliphatic rings. The third-order valence-electron chi connectivity index (χ3n) is 7.62. The van der Waals surface area contributed by atoms with Crippen LogP contribution in [0.15, 0.2) is 53.3 Å². The number of nitrogens with zero attached hydrogens (tertiary/aromatic N) is 2. The van der Waals surface area contributed by atoms with Gasteiger partial charge in [-0.1, -0.05) is 25.3 Å². The number of pyridine rings is 1. The Balaban J connectivity index is 1.29. The van der Waals surface area contributed by atoms with Gasteiger partial charge in [-0.3, -0.25) is 9.78 Å². The minimum atomic E-state index is -0.204. The van der Waals surface area contributed by atoms with Gasteiger partial charge in [0.2, 0.25) is 0 Å². The van der Waals surface area contributed by atoms with Gasteiger partial charge in [-0.05, 0) is 75.5 Å². The first-order chi connectivity index (χ1) is 16.2. The first-order valence-corrected chi connectivity index (χ1v) is 12.5. The van der Waals surface area contributed by atoms with E-state index in [4.69, 9.17) is 4.42 Å². The van der Waals surface area contributed by atoms with Crippen LogP contribution >= 0.6 is 0 Å². The fourth-order valence-corrected chi connectivity index (χ4v) is 5.89. The van der Waals surface area contributed by atoms with Gasteiger partial charge in [-0.2, -0.15) is 0 Å². The van der Waals surface area contributed by atoms with Crippen molar-refractivity contribution >= 4 is 16.8 Å². The number of aromatic nitrogens is 1. The largest absolute Gasteiger partial charge is 0.464 e. The van der Waals surface area contributed by atoms with Crippen molar-refractivity contribution < 1.29 is 13.6 Å². The van der Waals surface area contributed by atoms with Gasteiger partial charge < -0.3 is 9.32 Å². The average molecular weight is 449 g/mol. The van der Waals surface area contributed by atoms with Gasteiger partial charge in [0.1, 0.15) is 17.2 Å². The number of furan rings is 1. The Kier molecular flexibility index (Phi) is 6.86. The van der Waals surface area contributed by atoms with Gasteiger partial charge in [-0.15, -0.1) is 0 Å². The van der Waals surface area contributed by atoms with Crippen LogP contribution in [0.2, 0.25) is 0 Å². The zero-order chi connectivity index (χ0) is 22.6. The van der Waals surface area contributed by atoms with E-state index < -0.39 is 0 Å². The number of ketones is 1. The summed E-state index contributed by atoms with van der Waals surface area (Å²) in [7, 11) is 0. The molecule has 1 aliphatic carbocycles. The molecule has 0 radical (unpaired) electrons. The third-order valence-corrected chi connectivity index (χ3v) is 7.62. The Morgan fingerprint density at radius 2 is 2.00 bits per heavy atom. The average Bonchev–Trinajstić information content (AvgIpc) is 3.33. The third kappa shape index (κ3) is 5.03. The molecule has 1 saturated heterocycles. The van der Waals surface area contributed by atoms with Crippen molar-refractivity contribution in [2.75, 3.05) is 19.6 Å². The number of carbonyl (C=O) groups is 1. The summed E-state index contributed by atoms with van der Waals surface area (Å²) < 4.78 is 19.9. The molecule has 0 spiro atoms. The van der Waals surface area contributed by atoms with E-state index in [1.807, 2.05) is 24.3 Å². The zero-order valence-corrected chi connectivity index (χ0v) is 19.2. The molecule has 33 heavy (non-hydrogen) atoms. The van der Waals surface area contributed by atoms with Crippen LogP contribution in [0.5, 0.6) is 0 Å². The lowest BCUT2D eigenvalue weighted by molar-refractivity contribution is -0.125. The van der Waals surface area contributed by atoms with Crippen molar-refractivity contribution in [1.82, 2.24) is 9.88 Å². The van der Waals surface area contributed by atoms with E-state index in [1.54, 1.807) is 18.5 Å². The first kappa shape index (κ1) is 22.3. The van der Waals surface area contributed by atoms with E-state index in [0.717, 1.165) is 86.8 Å². The van der Waals surface area contributed by atoms with Crippen molar-refractivity contribution in [1.29, 1.82) is 0 Å². The summed E-state index contributed by atoms with van der Waals surface area (Å²) in [5, 5.41) is 0.829. The van der Waals surface area contributed by atoms with Crippen molar-refractivity contribution in [2.24, 2.45) is 5.92 Å². The second kappa shape index (κ2) is 10.2. The molecule has 2 unspecified atom stereocenters. The summed E-state index contributed by atoms with van der Waals surface area (Å²) in [6.07, 6.45) is 11.9. The van der Waals surface area contributed by atoms with Crippen molar-refractivity contribution in [3.05, 3.63) is 65.9 Å². The number of hydrogen-bond acceptors (Lipinski definition) is 4. The molecule has 0 bridgehead atoms. The molecule has 2 fully saturated rings. The second-order valence-electron chi connectivity index (χ2n) is 9.81. The molecule has 4 nitrogen and oxygen atoms in total. The predicted octanol–water partition coefficient (Wildman–Crippen LogP) is 6.47. The molecular formula is C28H33FN2O2. The summed E-state index contributed by atoms with van der Waals surface area (Å²) in [5.41, 5.74) is 2.69. The fraction of sp³-hybridized carbons (Fsp3) is 0.500. The number of benzene rings is 1. The topological polar surface area (TPSA) is 46.3 Å². The van der Waals surface area contributed by atoms with Gasteiger partial charge in [0.15, 0.2) is 0 Å². The van der Waals surface area contributed by atoms with E-state index in [0.29, 0.717) is 5.78 Å². The smallest absolute Gasteiger partial charge is 0.145 e. The van der Waals surface area contributed by atoms with Crippen LogP contribution in [0.1, 0.15) is 74.5 Å². The van der Waals surface area contributed by atoms with Crippen molar-refractivity contribution in [3.8, 4) is 0 Å². The highest BCUT2D eigenvalue weighted by Gasteiger charge is 2.31. The van der Waals surface area contributed by atoms with E-state index in [1.165, 1.54) is 12.5 Å². The Labute approximate surface area is 195 Å². The maximum absolute atomic E-state index is 14.2. The highest BCUT2D eigenvalue weighted by Crippen LogP contribution is 2.35. The molecule has 1 aromatic carbocycles. The summed E-state index contributed by atoms with van der Waals surface area (Å²) in [6, 6.07) is 10.9. The van der Waals surface area contributed by atoms with E-state index >= 15 is 0 Å². The minimum absolute atomic E-state index is 0.138. The molecule has 3 heterocycles. The number of carbonyl (C=O) groups excluding carboxylic acids is 1. The quantitative estimate of drug-likeness (QED) is 0.416. The van der Waals surface area contributed by atoms with Crippen LogP contribution in [-0.4, -0.2) is 35.3 Å². The Bertz CT molecular complexity index is 1070. The number of piperidine rings is 1. The number of halogens is 1. The molecule has 5 rings (SSSR count). The van der Waals surface area contributed by atoms with Crippen LogP contribution < -0.4 is 0 Å². The normalized spacial score (nSPS) is 21.3. The summed E-state index contributed by atoms with van der Waals surface area (Å²) in [6.45, 7) is 2.73. The molecule has 1 aliphatic heterocycles. The van der Waals surface area contributed by atoms with Gasteiger partial charge in [0.05, 0.1) is 17.9 Å². The highest BCUT2D eigenvalue weighted by atomic mass is 19.1. The van der Waals surface area contributed by atoms with Crippen LogP contribution in [0.4, 0.5) is 4.39 Å². The number of fused-ring (bicyclic) bond motifs is 1.